The Bertz CT molecular complexity index is 712. The Labute approximate surface area is 142 Å². The third-order valence-electron chi connectivity index (χ3n) is 4.53. The van der Waals surface area contributed by atoms with Gasteiger partial charge in [0.05, 0.1) is 0 Å². The van der Waals surface area contributed by atoms with E-state index in [1.807, 2.05) is 50.2 Å². The fraction of sp³-hybridized carbons (Fsp3) is 0.300. The van der Waals surface area contributed by atoms with Crippen molar-refractivity contribution < 1.29 is 14.7 Å². The summed E-state index contributed by atoms with van der Waals surface area (Å²) in [5.41, 5.74) is 1.12. The third kappa shape index (κ3) is 3.48. The second-order valence-corrected chi connectivity index (χ2v) is 5.80. The minimum absolute atomic E-state index is 0.0553. The minimum Gasteiger partial charge on any atom is -0.481 e. The molecule has 24 heavy (non-hydrogen) atoms. The van der Waals surface area contributed by atoms with Crippen LogP contribution in [-0.2, 0) is 16.6 Å². The van der Waals surface area contributed by atoms with E-state index in [-0.39, 0.29) is 12.5 Å². The first-order chi connectivity index (χ1) is 11.5. The minimum atomic E-state index is -1.13. The molecular formula is C20H23NO3. The quantitative estimate of drug-likeness (QED) is 0.820. The molecule has 0 fully saturated rings. The number of aryl methyl sites for hydroxylation is 1. The van der Waals surface area contributed by atoms with Gasteiger partial charge in [-0.05, 0) is 30.0 Å². The number of amides is 1. The lowest BCUT2D eigenvalue weighted by molar-refractivity contribution is -0.143. The first-order valence-electron chi connectivity index (χ1n) is 8.20. The molecule has 0 radical (unpaired) electrons. The van der Waals surface area contributed by atoms with Crippen molar-refractivity contribution in [1.29, 1.82) is 0 Å². The van der Waals surface area contributed by atoms with Gasteiger partial charge < -0.3 is 10.4 Å². The van der Waals surface area contributed by atoms with Crippen molar-refractivity contribution in [1.82, 2.24) is 5.32 Å². The van der Waals surface area contributed by atoms with Crippen LogP contribution >= 0.6 is 0 Å². The Morgan fingerprint density at radius 2 is 1.62 bits per heavy atom. The number of nitrogens with one attached hydrogen (secondary N) is 1. The molecule has 2 N–H and O–H groups in total. The van der Waals surface area contributed by atoms with Crippen LogP contribution in [0.15, 0.2) is 54.6 Å². The zero-order chi connectivity index (χ0) is 17.6. The average Bonchev–Trinajstić information content (AvgIpc) is 2.63. The van der Waals surface area contributed by atoms with E-state index in [0.29, 0.717) is 17.5 Å². The molecule has 4 heteroatoms. The number of benzene rings is 2. The summed E-state index contributed by atoms with van der Waals surface area (Å²) in [5, 5.41) is 12.6. The lowest BCUT2D eigenvalue weighted by Crippen LogP contribution is -2.46. The number of hydrogen-bond acceptors (Lipinski definition) is 2. The van der Waals surface area contributed by atoms with Crippen LogP contribution in [-0.4, -0.2) is 23.5 Å². The van der Waals surface area contributed by atoms with Crippen molar-refractivity contribution in [2.45, 2.75) is 32.1 Å². The molecule has 0 spiro atoms. The highest BCUT2D eigenvalue weighted by molar-refractivity contribution is 5.96. The summed E-state index contributed by atoms with van der Waals surface area (Å²) < 4.78 is 0. The van der Waals surface area contributed by atoms with Gasteiger partial charge in [-0.15, -0.1) is 0 Å². The summed E-state index contributed by atoms with van der Waals surface area (Å²) in [5.74, 6) is -1.16. The second kappa shape index (κ2) is 7.77. The third-order valence-corrected chi connectivity index (χ3v) is 4.53. The van der Waals surface area contributed by atoms with Gasteiger partial charge in [0.1, 0.15) is 5.41 Å². The molecule has 0 saturated heterocycles. The predicted octanol–water partition coefficient (Wildman–Crippen LogP) is 3.41. The molecule has 0 heterocycles. The lowest BCUT2D eigenvalue weighted by Gasteiger charge is -2.29. The van der Waals surface area contributed by atoms with Crippen LogP contribution in [0.25, 0.3) is 0 Å². The fourth-order valence-corrected chi connectivity index (χ4v) is 2.92. The smallest absolute Gasteiger partial charge is 0.315 e. The number of carbonyl (C=O) groups is 2. The van der Waals surface area contributed by atoms with Gasteiger partial charge in [0.2, 0.25) is 0 Å². The summed E-state index contributed by atoms with van der Waals surface area (Å²) in [6.45, 7) is 3.87. The van der Waals surface area contributed by atoms with E-state index >= 15 is 0 Å². The molecule has 0 aliphatic carbocycles. The lowest BCUT2D eigenvalue weighted by atomic mass is 9.78. The monoisotopic (exact) mass is 325 g/mol. The summed E-state index contributed by atoms with van der Waals surface area (Å²) in [6, 6.07) is 16.5. The highest BCUT2D eigenvalue weighted by Crippen LogP contribution is 2.28. The van der Waals surface area contributed by atoms with E-state index in [0.717, 1.165) is 12.0 Å². The molecule has 1 unspecified atom stereocenters. The molecule has 2 aromatic rings. The molecule has 126 valence electrons. The zero-order valence-electron chi connectivity index (χ0n) is 14.1. The van der Waals surface area contributed by atoms with Crippen molar-refractivity contribution in [3.8, 4) is 0 Å². The molecule has 4 nitrogen and oxygen atoms in total. The van der Waals surface area contributed by atoms with Gasteiger partial charge in [0.25, 0.3) is 5.91 Å². The summed E-state index contributed by atoms with van der Waals surface area (Å²) in [6.07, 6.45) is 1.14. The SMILES string of the molecule is CCc1ccccc1C(=O)NCC(CC)(C(=O)O)c1ccccc1. The van der Waals surface area contributed by atoms with Gasteiger partial charge >= 0.3 is 5.97 Å². The number of aliphatic carboxylic acids is 1. The molecule has 2 aromatic carbocycles. The van der Waals surface area contributed by atoms with Crippen LogP contribution in [0.2, 0.25) is 0 Å². The van der Waals surface area contributed by atoms with Crippen LogP contribution in [0.1, 0.15) is 41.8 Å². The van der Waals surface area contributed by atoms with Crippen molar-refractivity contribution in [3.05, 3.63) is 71.3 Å². The number of carboxylic acids is 1. The summed E-state index contributed by atoms with van der Waals surface area (Å²) in [4.78, 5) is 24.5. The Morgan fingerprint density at radius 1 is 1.00 bits per heavy atom. The summed E-state index contributed by atoms with van der Waals surface area (Å²) in [7, 11) is 0. The number of carbonyl (C=O) groups excluding carboxylic acids is 1. The number of hydrogen-bond donors (Lipinski definition) is 2. The van der Waals surface area contributed by atoms with Crippen LogP contribution in [0.5, 0.6) is 0 Å². The van der Waals surface area contributed by atoms with E-state index in [1.54, 1.807) is 18.2 Å². The predicted molar refractivity (Wildman–Crippen MR) is 94.2 cm³/mol. The van der Waals surface area contributed by atoms with Crippen LogP contribution in [0, 0.1) is 0 Å². The average molecular weight is 325 g/mol. The first-order valence-corrected chi connectivity index (χ1v) is 8.20. The molecule has 0 bridgehead atoms. The van der Waals surface area contributed by atoms with E-state index in [9.17, 15) is 14.7 Å². The Morgan fingerprint density at radius 3 is 2.21 bits per heavy atom. The van der Waals surface area contributed by atoms with Crippen molar-refractivity contribution >= 4 is 11.9 Å². The van der Waals surface area contributed by atoms with Crippen molar-refractivity contribution in [2.24, 2.45) is 0 Å². The standard InChI is InChI=1S/C20H23NO3/c1-3-15-10-8-9-13-17(15)18(22)21-14-20(4-2,19(23)24)16-11-6-5-7-12-16/h5-13H,3-4,14H2,1-2H3,(H,21,22)(H,23,24). The van der Waals surface area contributed by atoms with E-state index < -0.39 is 11.4 Å². The van der Waals surface area contributed by atoms with E-state index in [2.05, 4.69) is 5.32 Å². The van der Waals surface area contributed by atoms with Gasteiger partial charge in [-0.1, -0.05) is 62.4 Å². The van der Waals surface area contributed by atoms with Crippen molar-refractivity contribution in [3.63, 3.8) is 0 Å². The van der Waals surface area contributed by atoms with E-state index in [1.165, 1.54) is 0 Å². The highest BCUT2D eigenvalue weighted by Gasteiger charge is 2.39. The van der Waals surface area contributed by atoms with Crippen LogP contribution < -0.4 is 5.32 Å². The van der Waals surface area contributed by atoms with Crippen LogP contribution in [0.4, 0.5) is 0 Å². The van der Waals surface area contributed by atoms with Gasteiger partial charge in [-0.25, -0.2) is 0 Å². The Kier molecular flexibility index (Phi) is 5.74. The molecule has 1 atom stereocenters. The normalized spacial score (nSPS) is 13.1. The number of rotatable bonds is 7. The molecule has 0 saturated carbocycles. The van der Waals surface area contributed by atoms with Crippen molar-refractivity contribution in [2.75, 3.05) is 6.54 Å². The maximum atomic E-state index is 12.5. The molecule has 0 aliphatic rings. The maximum Gasteiger partial charge on any atom is 0.315 e. The Hall–Kier alpha value is -2.62. The Balaban J connectivity index is 2.26. The topological polar surface area (TPSA) is 66.4 Å². The molecule has 1 amide bonds. The molecule has 2 rings (SSSR count). The van der Waals surface area contributed by atoms with Gasteiger partial charge in [0, 0.05) is 12.1 Å². The van der Waals surface area contributed by atoms with Gasteiger partial charge in [-0.2, -0.15) is 0 Å². The van der Waals surface area contributed by atoms with E-state index in [4.69, 9.17) is 0 Å². The van der Waals surface area contributed by atoms with Crippen LogP contribution in [0.3, 0.4) is 0 Å². The molecular weight excluding hydrogens is 302 g/mol. The summed E-state index contributed by atoms with van der Waals surface area (Å²) >= 11 is 0. The fourth-order valence-electron chi connectivity index (χ4n) is 2.92. The molecule has 0 aliphatic heterocycles. The number of carboxylic acid groups (broad SMARTS) is 1. The molecule has 0 aromatic heterocycles. The largest absolute Gasteiger partial charge is 0.481 e. The zero-order valence-corrected chi connectivity index (χ0v) is 14.1. The maximum absolute atomic E-state index is 12.5. The van der Waals surface area contributed by atoms with Gasteiger partial charge in [-0.3, -0.25) is 9.59 Å². The highest BCUT2D eigenvalue weighted by atomic mass is 16.4. The first kappa shape index (κ1) is 17.7. The second-order valence-electron chi connectivity index (χ2n) is 5.80. The van der Waals surface area contributed by atoms with Gasteiger partial charge in [0.15, 0.2) is 0 Å².